The van der Waals surface area contributed by atoms with E-state index in [0.29, 0.717) is 33.0 Å². The molecule has 0 aliphatic carbocycles. The highest BCUT2D eigenvalue weighted by atomic mass is 79.9. The maximum absolute atomic E-state index is 6.05. The number of hydrogen-bond donors (Lipinski definition) is 0. The number of hydrogen-bond acceptors (Lipinski definition) is 2. The summed E-state index contributed by atoms with van der Waals surface area (Å²) in [7, 11) is 0. The van der Waals surface area contributed by atoms with Gasteiger partial charge in [-0.3, -0.25) is 0 Å². The largest absolute Gasteiger partial charge is 0.449 e. The molecule has 1 heterocycles. The van der Waals surface area contributed by atoms with Gasteiger partial charge in [0.25, 0.3) is 0 Å². The van der Waals surface area contributed by atoms with Crippen molar-refractivity contribution < 1.29 is 9.47 Å². The van der Waals surface area contributed by atoms with Crippen LogP contribution in [0.15, 0.2) is 34.8 Å². The maximum atomic E-state index is 6.05. The fraction of sp³-hybridized carbons (Fsp3) is 0. The van der Waals surface area contributed by atoms with Crippen molar-refractivity contribution in [3.05, 3.63) is 44.8 Å². The van der Waals surface area contributed by atoms with E-state index in [9.17, 15) is 0 Å². The second-order valence-corrected chi connectivity index (χ2v) is 5.27. The molecule has 2 nitrogen and oxygen atoms in total. The van der Waals surface area contributed by atoms with E-state index in [1.807, 2.05) is 18.2 Å². The minimum absolute atomic E-state index is 0.432. The second kappa shape index (κ2) is 4.09. The van der Waals surface area contributed by atoms with Gasteiger partial charge >= 0.3 is 0 Å². The predicted molar refractivity (Wildman–Crippen MR) is 70.8 cm³/mol. The van der Waals surface area contributed by atoms with Gasteiger partial charge in [0.05, 0.1) is 5.02 Å². The van der Waals surface area contributed by atoms with Gasteiger partial charge in [0.2, 0.25) is 0 Å². The summed E-state index contributed by atoms with van der Waals surface area (Å²) in [5.74, 6) is 2.27. The molecule has 0 spiro atoms. The second-order valence-electron chi connectivity index (χ2n) is 3.51. The van der Waals surface area contributed by atoms with E-state index in [1.165, 1.54) is 0 Å². The quantitative estimate of drug-likeness (QED) is 0.529. The Morgan fingerprint density at radius 1 is 0.882 bits per heavy atom. The normalized spacial score (nSPS) is 12.2. The summed E-state index contributed by atoms with van der Waals surface area (Å²) in [5, 5.41) is 0.942. The molecule has 0 atom stereocenters. The Bertz CT molecular complexity index is 614. The molecule has 1 aliphatic heterocycles. The van der Waals surface area contributed by atoms with Crippen molar-refractivity contribution in [3.8, 4) is 23.0 Å². The van der Waals surface area contributed by atoms with Crippen molar-refractivity contribution in [1.29, 1.82) is 0 Å². The van der Waals surface area contributed by atoms with Crippen LogP contribution in [0.2, 0.25) is 10.0 Å². The molecule has 0 unspecified atom stereocenters. The van der Waals surface area contributed by atoms with Crippen molar-refractivity contribution in [2.75, 3.05) is 0 Å². The molecule has 0 N–H and O–H groups in total. The van der Waals surface area contributed by atoms with Gasteiger partial charge in [-0.2, -0.15) is 0 Å². The third-order valence-electron chi connectivity index (χ3n) is 2.31. The lowest BCUT2D eigenvalue weighted by atomic mass is 10.2. The van der Waals surface area contributed by atoms with Crippen LogP contribution in [0.4, 0.5) is 0 Å². The molecule has 86 valence electrons. The molecule has 2 aromatic carbocycles. The Kier molecular flexibility index (Phi) is 2.69. The molecule has 0 aromatic heterocycles. The summed E-state index contributed by atoms with van der Waals surface area (Å²) in [6.07, 6.45) is 0. The molecule has 3 rings (SSSR count). The molecule has 2 aromatic rings. The van der Waals surface area contributed by atoms with E-state index < -0.39 is 0 Å². The van der Waals surface area contributed by atoms with Gasteiger partial charge in [-0.1, -0.05) is 39.1 Å². The molecular weight excluding hydrogens is 327 g/mol. The zero-order valence-corrected chi connectivity index (χ0v) is 11.4. The molecule has 0 saturated carbocycles. The first-order valence-corrected chi connectivity index (χ1v) is 6.33. The van der Waals surface area contributed by atoms with E-state index in [1.54, 1.807) is 12.1 Å². The van der Waals surface area contributed by atoms with Gasteiger partial charge in [-0.05, 0) is 24.3 Å². The van der Waals surface area contributed by atoms with E-state index in [-0.39, 0.29) is 0 Å². The Morgan fingerprint density at radius 2 is 1.71 bits per heavy atom. The van der Waals surface area contributed by atoms with Gasteiger partial charge < -0.3 is 9.47 Å². The van der Waals surface area contributed by atoms with Crippen LogP contribution in [-0.4, -0.2) is 0 Å². The molecule has 0 saturated heterocycles. The van der Waals surface area contributed by atoms with E-state index in [2.05, 4.69) is 15.9 Å². The summed E-state index contributed by atoms with van der Waals surface area (Å²) in [6.45, 7) is 0. The molecular formula is C12H5BrCl2O2. The summed E-state index contributed by atoms with van der Waals surface area (Å²) in [5.41, 5.74) is 0. The molecule has 1 aliphatic rings. The van der Waals surface area contributed by atoms with Crippen LogP contribution >= 0.6 is 39.1 Å². The molecule has 0 amide bonds. The number of benzene rings is 2. The van der Waals surface area contributed by atoms with Gasteiger partial charge in [0.1, 0.15) is 0 Å². The van der Waals surface area contributed by atoms with Crippen LogP contribution in [0.25, 0.3) is 0 Å². The molecule has 17 heavy (non-hydrogen) atoms. The molecule has 0 radical (unpaired) electrons. The van der Waals surface area contributed by atoms with Crippen molar-refractivity contribution in [2.45, 2.75) is 0 Å². The smallest absolute Gasteiger partial charge is 0.188 e. The molecule has 0 fully saturated rings. The van der Waals surface area contributed by atoms with Crippen LogP contribution < -0.4 is 9.47 Å². The highest BCUT2D eigenvalue weighted by molar-refractivity contribution is 9.10. The van der Waals surface area contributed by atoms with Crippen molar-refractivity contribution in [1.82, 2.24) is 0 Å². The minimum atomic E-state index is 0.432. The lowest BCUT2D eigenvalue weighted by Gasteiger charge is -2.21. The van der Waals surface area contributed by atoms with Gasteiger partial charge in [0.15, 0.2) is 23.0 Å². The molecule has 5 heteroatoms. The summed E-state index contributed by atoms with van der Waals surface area (Å²) in [4.78, 5) is 0. The summed E-state index contributed by atoms with van der Waals surface area (Å²) >= 11 is 15.3. The number of halogens is 3. The maximum Gasteiger partial charge on any atom is 0.188 e. The average Bonchev–Trinajstić information content (AvgIpc) is 2.26. The minimum Gasteiger partial charge on any atom is -0.449 e. The van der Waals surface area contributed by atoms with Crippen LogP contribution in [0.5, 0.6) is 23.0 Å². The fourth-order valence-corrected chi connectivity index (χ4v) is 2.44. The van der Waals surface area contributed by atoms with Crippen LogP contribution in [0.1, 0.15) is 0 Å². The van der Waals surface area contributed by atoms with E-state index >= 15 is 0 Å². The predicted octanol–water partition coefficient (Wildman–Crippen LogP) is 5.65. The first-order valence-electron chi connectivity index (χ1n) is 4.78. The Labute approximate surface area is 116 Å². The van der Waals surface area contributed by atoms with E-state index in [0.717, 1.165) is 4.47 Å². The van der Waals surface area contributed by atoms with Crippen LogP contribution in [-0.2, 0) is 0 Å². The lowest BCUT2D eigenvalue weighted by molar-refractivity contribution is 0.359. The van der Waals surface area contributed by atoms with Crippen molar-refractivity contribution in [2.24, 2.45) is 0 Å². The number of ether oxygens (including phenoxy) is 2. The van der Waals surface area contributed by atoms with Gasteiger partial charge in [-0.15, -0.1) is 0 Å². The average molecular weight is 332 g/mol. The number of rotatable bonds is 0. The topological polar surface area (TPSA) is 18.5 Å². The fourth-order valence-electron chi connectivity index (χ4n) is 1.59. The van der Waals surface area contributed by atoms with Crippen molar-refractivity contribution >= 4 is 39.1 Å². The molecule has 0 bridgehead atoms. The summed E-state index contributed by atoms with van der Waals surface area (Å²) in [6, 6.07) is 8.80. The SMILES string of the molecule is Clc1cc(Cl)c2c(c1)Oc1cc(Br)ccc1O2. The highest BCUT2D eigenvalue weighted by Gasteiger charge is 2.22. The van der Waals surface area contributed by atoms with Crippen LogP contribution in [0.3, 0.4) is 0 Å². The standard InChI is InChI=1S/C12H5BrCl2O2/c13-6-1-2-9-10(3-6)16-11-5-7(14)4-8(15)12(11)17-9/h1-5H. The number of fused-ring (bicyclic) bond motifs is 2. The Morgan fingerprint density at radius 3 is 2.53 bits per heavy atom. The lowest BCUT2D eigenvalue weighted by Crippen LogP contribution is -1.99. The first kappa shape index (κ1) is 11.2. The zero-order valence-electron chi connectivity index (χ0n) is 8.34. The third-order valence-corrected chi connectivity index (χ3v) is 3.30. The van der Waals surface area contributed by atoms with Gasteiger partial charge in [0, 0.05) is 15.6 Å². The first-order chi connectivity index (χ1) is 8.13. The Balaban J connectivity index is 2.14. The summed E-state index contributed by atoms with van der Waals surface area (Å²) < 4.78 is 12.3. The third kappa shape index (κ3) is 1.99. The van der Waals surface area contributed by atoms with Crippen LogP contribution in [0, 0.1) is 0 Å². The van der Waals surface area contributed by atoms with Gasteiger partial charge in [-0.25, -0.2) is 0 Å². The monoisotopic (exact) mass is 330 g/mol. The zero-order chi connectivity index (χ0) is 12.0. The Hall–Kier alpha value is -0.900. The van der Waals surface area contributed by atoms with Crippen molar-refractivity contribution in [3.63, 3.8) is 0 Å². The van der Waals surface area contributed by atoms with E-state index in [4.69, 9.17) is 32.7 Å². The highest BCUT2D eigenvalue weighted by Crippen LogP contribution is 2.50.